The van der Waals surface area contributed by atoms with Gasteiger partial charge in [0, 0.05) is 11.3 Å². The van der Waals surface area contributed by atoms with E-state index in [9.17, 15) is 0 Å². The topological polar surface area (TPSA) is 12.9 Å². The third-order valence-corrected chi connectivity index (χ3v) is 4.23. The predicted octanol–water partition coefficient (Wildman–Crippen LogP) is 3.84. The molecule has 2 atom stereocenters. The summed E-state index contributed by atoms with van der Waals surface area (Å²) in [6.45, 7) is 0. The molecule has 2 aliphatic rings. The number of nitrogens with zero attached hydrogens (tertiary/aromatic N) is 1. The maximum Gasteiger partial charge on any atom is 0.0705 e. The Morgan fingerprint density at radius 3 is 3.12 bits per heavy atom. The minimum absolute atomic E-state index is 0.586. The van der Waals surface area contributed by atoms with Crippen LogP contribution in [0, 0.1) is 5.92 Å². The van der Waals surface area contributed by atoms with Crippen molar-refractivity contribution in [1.29, 1.82) is 0 Å². The molecule has 0 aliphatic heterocycles. The Kier molecular flexibility index (Phi) is 1.90. The van der Waals surface area contributed by atoms with Crippen LogP contribution in [0.3, 0.4) is 0 Å². The van der Waals surface area contributed by atoms with Gasteiger partial charge < -0.3 is 0 Å². The third kappa shape index (κ3) is 1.35. The lowest BCUT2D eigenvalue weighted by molar-refractivity contribution is 0.437. The molecule has 0 fully saturated rings. The van der Waals surface area contributed by atoms with E-state index in [1.807, 2.05) is 0 Å². The van der Waals surface area contributed by atoms with E-state index in [-0.39, 0.29) is 0 Å². The van der Waals surface area contributed by atoms with Gasteiger partial charge in [0.15, 0.2) is 0 Å². The first-order chi connectivity index (χ1) is 8.42. The largest absolute Gasteiger partial charge is 0.252 e. The van der Waals surface area contributed by atoms with Gasteiger partial charge in [0.05, 0.1) is 11.2 Å². The average molecular weight is 221 g/mol. The number of allylic oxidation sites excluding steroid dienone is 2. The van der Waals surface area contributed by atoms with E-state index in [0.29, 0.717) is 5.92 Å². The van der Waals surface area contributed by atoms with Crippen LogP contribution in [0.4, 0.5) is 0 Å². The second-order valence-corrected chi connectivity index (χ2v) is 5.21. The Hall–Kier alpha value is -1.63. The highest BCUT2D eigenvalue weighted by Gasteiger charge is 2.31. The molecule has 0 N–H and O–H groups in total. The second-order valence-electron chi connectivity index (χ2n) is 5.21. The van der Waals surface area contributed by atoms with E-state index >= 15 is 0 Å². The Morgan fingerprint density at radius 2 is 2.12 bits per heavy atom. The molecule has 1 nitrogen and oxygen atoms in total. The van der Waals surface area contributed by atoms with Crippen LogP contribution in [0.2, 0.25) is 0 Å². The zero-order valence-electron chi connectivity index (χ0n) is 9.76. The summed E-state index contributed by atoms with van der Waals surface area (Å²) in [5, 5.41) is 1.28. The summed E-state index contributed by atoms with van der Waals surface area (Å²) in [6, 6.07) is 10.8. The zero-order valence-corrected chi connectivity index (χ0v) is 9.76. The van der Waals surface area contributed by atoms with Crippen molar-refractivity contribution in [3.63, 3.8) is 0 Å². The smallest absolute Gasteiger partial charge is 0.0705 e. The molecule has 84 valence electrons. The number of para-hydroxylation sites is 1. The number of fused-ring (bicyclic) bond motifs is 4. The number of pyridine rings is 1. The highest BCUT2D eigenvalue weighted by atomic mass is 14.7. The van der Waals surface area contributed by atoms with Crippen molar-refractivity contribution in [3.8, 4) is 0 Å². The maximum absolute atomic E-state index is 4.91. The van der Waals surface area contributed by atoms with Crippen molar-refractivity contribution in [2.75, 3.05) is 0 Å². The summed E-state index contributed by atoms with van der Waals surface area (Å²) in [5.41, 5.74) is 3.96. The van der Waals surface area contributed by atoms with Gasteiger partial charge in [-0.3, -0.25) is 4.98 Å². The summed E-state index contributed by atoms with van der Waals surface area (Å²) < 4.78 is 0. The van der Waals surface area contributed by atoms with E-state index in [0.717, 1.165) is 11.4 Å². The number of hydrogen-bond donors (Lipinski definition) is 0. The summed E-state index contributed by atoms with van der Waals surface area (Å²) in [7, 11) is 0. The highest BCUT2D eigenvalue weighted by molar-refractivity contribution is 5.79. The van der Waals surface area contributed by atoms with Gasteiger partial charge in [0.2, 0.25) is 0 Å². The molecule has 2 unspecified atom stereocenters. The number of aromatic nitrogens is 1. The van der Waals surface area contributed by atoms with Gasteiger partial charge in [-0.25, -0.2) is 0 Å². The molecule has 1 aromatic carbocycles. The normalized spacial score (nSPS) is 25.9. The van der Waals surface area contributed by atoms with Crippen LogP contribution >= 0.6 is 0 Å². The zero-order chi connectivity index (χ0) is 11.2. The summed E-state index contributed by atoms with van der Waals surface area (Å²) in [6.07, 6.45) is 8.48. The molecule has 0 saturated heterocycles. The molecule has 1 heterocycles. The van der Waals surface area contributed by atoms with Crippen LogP contribution in [-0.4, -0.2) is 4.98 Å². The van der Waals surface area contributed by atoms with Crippen molar-refractivity contribution in [3.05, 3.63) is 53.7 Å². The van der Waals surface area contributed by atoms with Gasteiger partial charge in [0.1, 0.15) is 0 Å². The van der Waals surface area contributed by atoms with E-state index < -0.39 is 0 Å². The van der Waals surface area contributed by atoms with E-state index in [1.54, 1.807) is 0 Å². The Balaban J connectivity index is 1.96. The van der Waals surface area contributed by atoms with Gasteiger partial charge in [-0.15, -0.1) is 0 Å². The van der Waals surface area contributed by atoms with E-state index in [4.69, 9.17) is 4.98 Å². The lowest BCUT2D eigenvalue weighted by Gasteiger charge is -2.27. The van der Waals surface area contributed by atoms with Gasteiger partial charge >= 0.3 is 0 Å². The molecule has 1 heteroatoms. The molecule has 17 heavy (non-hydrogen) atoms. The Morgan fingerprint density at radius 1 is 1.18 bits per heavy atom. The van der Waals surface area contributed by atoms with Crippen molar-refractivity contribution in [2.24, 2.45) is 5.92 Å². The molecule has 0 spiro atoms. The van der Waals surface area contributed by atoms with Crippen LogP contribution < -0.4 is 0 Å². The van der Waals surface area contributed by atoms with Gasteiger partial charge in [-0.05, 0) is 42.9 Å². The van der Waals surface area contributed by atoms with Crippen LogP contribution in [0.15, 0.2) is 42.5 Å². The van der Waals surface area contributed by atoms with Crippen molar-refractivity contribution in [2.45, 2.75) is 25.2 Å². The second kappa shape index (κ2) is 3.43. The first-order valence-electron chi connectivity index (χ1n) is 6.47. The Bertz CT molecular complexity index is 612. The van der Waals surface area contributed by atoms with E-state index in [2.05, 4.69) is 42.5 Å². The SMILES string of the molecule is C1=CC2c3nc4ccccc4cc3CCC2C1. The number of aryl methyl sites for hydroxylation is 1. The number of hydrogen-bond acceptors (Lipinski definition) is 1. The van der Waals surface area contributed by atoms with Gasteiger partial charge in [-0.1, -0.05) is 30.4 Å². The quantitative estimate of drug-likeness (QED) is 0.616. The van der Waals surface area contributed by atoms with Crippen molar-refractivity contribution in [1.82, 2.24) is 4.98 Å². The predicted molar refractivity (Wildman–Crippen MR) is 70.1 cm³/mol. The van der Waals surface area contributed by atoms with Crippen molar-refractivity contribution >= 4 is 10.9 Å². The fourth-order valence-corrected chi connectivity index (χ4v) is 3.32. The molecular formula is C16H15N. The lowest BCUT2D eigenvalue weighted by Crippen LogP contribution is -2.17. The summed E-state index contributed by atoms with van der Waals surface area (Å²) >= 11 is 0. The maximum atomic E-state index is 4.91. The summed E-state index contributed by atoms with van der Waals surface area (Å²) in [5.74, 6) is 1.40. The van der Waals surface area contributed by atoms with Crippen LogP contribution in [0.25, 0.3) is 10.9 Å². The lowest BCUT2D eigenvalue weighted by atomic mass is 9.79. The first-order valence-corrected chi connectivity index (χ1v) is 6.47. The van der Waals surface area contributed by atoms with Crippen molar-refractivity contribution < 1.29 is 0 Å². The minimum Gasteiger partial charge on any atom is -0.252 e. The molecule has 2 aliphatic carbocycles. The molecular weight excluding hydrogens is 206 g/mol. The molecule has 1 aromatic heterocycles. The Labute approximate surface area is 101 Å². The molecule has 4 rings (SSSR count). The molecule has 2 aromatic rings. The fraction of sp³-hybridized carbons (Fsp3) is 0.312. The molecule has 0 amide bonds. The average Bonchev–Trinajstić information content (AvgIpc) is 2.85. The highest BCUT2D eigenvalue weighted by Crippen LogP contribution is 2.42. The third-order valence-electron chi connectivity index (χ3n) is 4.23. The fourth-order valence-electron chi connectivity index (χ4n) is 3.32. The number of rotatable bonds is 0. The van der Waals surface area contributed by atoms with Gasteiger partial charge in [0.25, 0.3) is 0 Å². The monoisotopic (exact) mass is 221 g/mol. The minimum atomic E-state index is 0.586. The van der Waals surface area contributed by atoms with Gasteiger partial charge in [-0.2, -0.15) is 0 Å². The molecule has 0 radical (unpaired) electrons. The first kappa shape index (κ1) is 9.41. The molecule has 0 bridgehead atoms. The summed E-state index contributed by atoms with van der Waals surface area (Å²) in [4.78, 5) is 4.91. The standard InChI is InChI=1S/C16H15N/c1-2-7-15-12(4-1)10-13-9-8-11-5-3-6-14(11)16(13)17-15/h1-4,6-7,10-11,14H,5,8-9H2. The number of benzene rings is 1. The molecule has 0 saturated carbocycles. The van der Waals surface area contributed by atoms with Crippen LogP contribution in [0.5, 0.6) is 0 Å². The van der Waals surface area contributed by atoms with E-state index in [1.165, 1.54) is 35.9 Å². The van der Waals surface area contributed by atoms with Crippen LogP contribution in [-0.2, 0) is 6.42 Å². The van der Waals surface area contributed by atoms with Crippen LogP contribution in [0.1, 0.15) is 30.0 Å².